The lowest BCUT2D eigenvalue weighted by Gasteiger charge is -2.33. The number of fused-ring (bicyclic) bond motifs is 1. The Bertz CT molecular complexity index is 568. The van der Waals surface area contributed by atoms with E-state index in [1.165, 1.54) is 0 Å². The van der Waals surface area contributed by atoms with Crippen molar-refractivity contribution in [2.45, 2.75) is 44.9 Å². The monoisotopic (exact) mass is 317 g/mol. The quantitative estimate of drug-likeness (QED) is 0.516. The van der Waals surface area contributed by atoms with Gasteiger partial charge in [-0.1, -0.05) is 5.16 Å². The van der Waals surface area contributed by atoms with Crippen molar-refractivity contribution in [3.8, 4) is 11.5 Å². The van der Waals surface area contributed by atoms with Crippen LogP contribution in [0.1, 0.15) is 38.7 Å². The van der Waals surface area contributed by atoms with Crippen molar-refractivity contribution in [3.05, 3.63) is 23.8 Å². The van der Waals surface area contributed by atoms with Crippen molar-refractivity contribution < 1.29 is 27.9 Å². The fraction of sp³-hybridized carbons (Fsp3) is 0.533. The lowest BCUT2D eigenvalue weighted by atomic mass is 9.92. The molecule has 2 rings (SSSR count). The van der Waals surface area contributed by atoms with Crippen molar-refractivity contribution in [3.63, 3.8) is 0 Å². The molecule has 0 saturated carbocycles. The highest BCUT2D eigenvalue weighted by Gasteiger charge is 2.32. The van der Waals surface area contributed by atoms with Gasteiger partial charge in [-0.25, -0.2) is 0 Å². The summed E-state index contributed by atoms with van der Waals surface area (Å²) in [6.45, 7) is 3.72. The molecule has 4 nitrogen and oxygen atoms in total. The number of hydrogen-bond acceptors (Lipinski definition) is 4. The highest BCUT2D eigenvalue weighted by Crippen LogP contribution is 2.35. The van der Waals surface area contributed by atoms with Gasteiger partial charge in [-0.05, 0) is 38.5 Å². The fourth-order valence-electron chi connectivity index (χ4n) is 2.30. The highest BCUT2D eigenvalue weighted by atomic mass is 19.4. The second-order valence-corrected chi connectivity index (χ2v) is 5.81. The standard InChI is InChI=1S/C15H18F3NO3/c1-14(2)9-12(19-20)11-8-10(4-5-13(11)22-14)21-7-3-6-15(16,17)18/h4-5,8,20H,3,6-7,9H2,1-2H3. The Kier molecular flexibility index (Phi) is 4.53. The maximum absolute atomic E-state index is 12.1. The predicted molar refractivity (Wildman–Crippen MR) is 74.9 cm³/mol. The van der Waals surface area contributed by atoms with E-state index in [-0.39, 0.29) is 13.0 Å². The van der Waals surface area contributed by atoms with Gasteiger partial charge in [0, 0.05) is 18.4 Å². The molecular formula is C15H18F3NO3. The third-order valence-electron chi connectivity index (χ3n) is 3.24. The van der Waals surface area contributed by atoms with Crippen molar-refractivity contribution in [2.24, 2.45) is 5.16 Å². The van der Waals surface area contributed by atoms with Crippen LogP contribution in [0.5, 0.6) is 11.5 Å². The molecule has 1 aliphatic heterocycles. The smallest absolute Gasteiger partial charge is 0.389 e. The number of hydrogen-bond donors (Lipinski definition) is 1. The molecule has 22 heavy (non-hydrogen) atoms. The van der Waals surface area contributed by atoms with Gasteiger partial charge in [0.15, 0.2) is 0 Å². The van der Waals surface area contributed by atoms with Gasteiger partial charge in [-0.2, -0.15) is 13.2 Å². The van der Waals surface area contributed by atoms with E-state index < -0.39 is 18.2 Å². The summed E-state index contributed by atoms with van der Waals surface area (Å²) < 4.78 is 47.3. The topological polar surface area (TPSA) is 51.1 Å². The molecular weight excluding hydrogens is 299 g/mol. The van der Waals surface area contributed by atoms with Gasteiger partial charge in [-0.3, -0.25) is 0 Å². The summed E-state index contributed by atoms with van der Waals surface area (Å²) in [5.74, 6) is 0.983. The number of halogens is 3. The van der Waals surface area contributed by atoms with E-state index in [1.807, 2.05) is 13.8 Å². The first kappa shape index (κ1) is 16.5. The summed E-state index contributed by atoms with van der Waals surface area (Å²) in [5.41, 5.74) is 0.575. The molecule has 0 aromatic heterocycles. The Hall–Kier alpha value is -1.92. The van der Waals surface area contributed by atoms with Crippen LogP contribution in [0.4, 0.5) is 13.2 Å². The molecule has 0 radical (unpaired) electrons. The molecule has 0 bridgehead atoms. The third-order valence-corrected chi connectivity index (χ3v) is 3.24. The van der Waals surface area contributed by atoms with E-state index in [1.54, 1.807) is 18.2 Å². The minimum Gasteiger partial charge on any atom is -0.494 e. The molecule has 0 spiro atoms. The lowest BCUT2D eigenvalue weighted by molar-refractivity contribution is -0.136. The Morgan fingerprint density at radius 1 is 1.36 bits per heavy atom. The zero-order valence-electron chi connectivity index (χ0n) is 12.4. The number of rotatable bonds is 4. The highest BCUT2D eigenvalue weighted by molar-refractivity contribution is 6.04. The maximum atomic E-state index is 12.1. The van der Waals surface area contributed by atoms with Gasteiger partial charge in [0.25, 0.3) is 0 Å². The van der Waals surface area contributed by atoms with Crippen LogP contribution in [0.15, 0.2) is 23.4 Å². The van der Waals surface area contributed by atoms with Crippen LogP contribution in [0.25, 0.3) is 0 Å². The first-order valence-electron chi connectivity index (χ1n) is 6.94. The Labute approximate surface area is 126 Å². The summed E-state index contributed by atoms with van der Waals surface area (Å²) >= 11 is 0. The molecule has 1 aliphatic rings. The second kappa shape index (κ2) is 6.06. The van der Waals surface area contributed by atoms with Crippen LogP contribution in [-0.2, 0) is 0 Å². The van der Waals surface area contributed by atoms with Crippen molar-refractivity contribution in [2.75, 3.05) is 6.61 Å². The molecule has 1 aromatic carbocycles. The van der Waals surface area contributed by atoms with Crippen LogP contribution in [0.3, 0.4) is 0 Å². The van der Waals surface area contributed by atoms with E-state index in [0.29, 0.717) is 29.2 Å². The fourth-order valence-corrected chi connectivity index (χ4v) is 2.30. The molecule has 0 atom stereocenters. The molecule has 1 N–H and O–H groups in total. The van der Waals surface area contributed by atoms with Gasteiger partial charge in [0.05, 0.1) is 12.3 Å². The second-order valence-electron chi connectivity index (χ2n) is 5.81. The summed E-state index contributed by atoms with van der Waals surface area (Å²) in [4.78, 5) is 0. The van der Waals surface area contributed by atoms with Gasteiger partial charge in [-0.15, -0.1) is 0 Å². The third kappa shape index (κ3) is 4.29. The summed E-state index contributed by atoms with van der Waals surface area (Å²) in [6, 6.07) is 4.91. The first-order chi connectivity index (χ1) is 10.2. The lowest BCUT2D eigenvalue weighted by Crippen LogP contribution is -2.36. The zero-order valence-corrected chi connectivity index (χ0v) is 12.4. The zero-order chi connectivity index (χ0) is 16.4. The number of benzene rings is 1. The SMILES string of the molecule is CC1(C)CC(=NO)c2cc(OCCCC(F)(F)F)ccc2O1. The molecule has 0 unspecified atom stereocenters. The summed E-state index contributed by atoms with van der Waals surface area (Å²) in [7, 11) is 0. The van der Waals surface area contributed by atoms with Crippen LogP contribution >= 0.6 is 0 Å². The van der Waals surface area contributed by atoms with Gasteiger partial charge in [0.2, 0.25) is 0 Å². The van der Waals surface area contributed by atoms with Crippen molar-refractivity contribution in [1.29, 1.82) is 0 Å². The largest absolute Gasteiger partial charge is 0.494 e. The van der Waals surface area contributed by atoms with Crippen LogP contribution in [-0.4, -0.2) is 29.3 Å². The van der Waals surface area contributed by atoms with Crippen LogP contribution < -0.4 is 9.47 Å². The minimum absolute atomic E-state index is 0.0315. The average molecular weight is 317 g/mol. The Balaban J connectivity index is 2.05. The molecule has 122 valence electrons. The molecule has 0 saturated heterocycles. The molecule has 0 fully saturated rings. The summed E-state index contributed by atoms with van der Waals surface area (Å²) in [6.07, 6.45) is -4.73. The van der Waals surface area contributed by atoms with E-state index in [0.717, 1.165) is 0 Å². The number of ether oxygens (including phenoxy) is 2. The van der Waals surface area contributed by atoms with E-state index in [2.05, 4.69) is 5.16 Å². The van der Waals surface area contributed by atoms with Crippen molar-refractivity contribution in [1.82, 2.24) is 0 Å². The number of nitrogens with zero attached hydrogens (tertiary/aromatic N) is 1. The normalized spacial score (nSPS) is 18.7. The Morgan fingerprint density at radius 2 is 2.09 bits per heavy atom. The summed E-state index contributed by atoms with van der Waals surface area (Å²) in [5, 5.41) is 12.4. The molecule has 7 heteroatoms. The number of alkyl halides is 3. The van der Waals surface area contributed by atoms with Crippen LogP contribution in [0, 0.1) is 0 Å². The van der Waals surface area contributed by atoms with Crippen molar-refractivity contribution >= 4 is 5.71 Å². The molecule has 1 heterocycles. The number of oxime groups is 1. The van der Waals surface area contributed by atoms with Crippen LogP contribution in [0.2, 0.25) is 0 Å². The molecule has 0 amide bonds. The Morgan fingerprint density at radius 3 is 2.73 bits per heavy atom. The van der Waals surface area contributed by atoms with Gasteiger partial charge in [0.1, 0.15) is 17.1 Å². The van der Waals surface area contributed by atoms with E-state index in [4.69, 9.17) is 14.7 Å². The molecule has 1 aromatic rings. The van der Waals surface area contributed by atoms with E-state index in [9.17, 15) is 13.2 Å². The van der Waals surface area contributed by atoms with Gasteiger partial charge < -0.3 is 14.7 Å². The maximum Gasteiger partial charge on any atom is 0.389 e. The minimum atomic E-state index is -4.17. The van der Waals surface area contributed by atoms with Gasteiger partial charge >= 0.3 is 6.18 Å². The van der Waals surface area contributed by atoms with E-state index >= 15 is 0 Å². The average Bonchev–Trinajstić information content (AvgIpc) is 2.41. The predicted octanol–water partition coefficient (Wildman–Crippen LogP) is 4.15. The molecule has 0 aliphatic carbocycles. The first-order valence-corrected chi connectivity index (χ1v) is 6.94.